The lowest BCUT2D eigenvalue weighted by atomic mass is 10.2. The van der Waals surface area contributed by atoms with Gasteiger partial charge in [0.05, 0.1) is 11.4 Å². The smallest absolute Gasteiger partial charge is 0.301 e. The largest absolute Gasteiger partial charge is 0.479 e. The second-order valence-electron chi connectivity index (χ2n) is 4.73. The molecule has 1 aromatic rings. The number of anilines is 2. The summed E-state index contributed by atoms with van der Waals surface area (Å²) in [5, 5.41) is 0. The van der Waals surface area contributed by atoms with Gasteiger partial charge in [-0.3, -0.25) is 9.52 Å². The fourth-order valence-corrected chi connectivity index (χ4v) is 2.42. The van der Waals surface area contributed by atoms with E-state index in [1.165, 1.54) is 19.0 Å². The molecule has 1 amide bonds. The van der Waals surface area contributed by atoms with Gasteiger partial charge in [-0.15, -0.1) is 0 Å². The number of hydrogen-bond donors (Lipinski definition) is 1. The molecule has 1 N–H and O–H groups in total. The molecule has 0 spiro atoms. The summed E-state index contributed by atoms with van der Waals surface area (Å²) >= 11 is 0. The van der Waals surface area contributed by atoms with Crippen LogP contribution in [0.4, 0.5) is 11.4 Å². The van der Waals surface area contributed by atoms with Crippen LogP contribution in [0.5, 0.6) is 5.75 Å². The van der Waals surface area contributed by atoms with Gasteiger partial charge in [0.15, 0.2) is 6.10 Å². The Morgan fingerprint density at radius 3 is 2.60 bits per heavy atom. The maximum atomic E-state index is 11.8. The molecule has 8 heteroatoms. The van der Waals surface area contributed by atoms with Crippen molar-refractivity contribution in [2.24, 2.45) is 0 Å². The zero-order valence-electron chi connectivity index (χ0n) is 11.7. The Balaban J connectivity index is 2.36. The van der Waals surface area contributed by atoms with Crippen molar-refractivity contribution >= 4 is 27.5 Å². The molecule has 0 bridgehead atoms. The number of likely N-dealkylation sites (N-methyl/N-ethyl adjacent to an activating group) is 1. The van der Waals surface area contributed by atoms with Crippen molar-refractivity contribution in [3.05, 3.63) is 18.2 Å². The van der Waals surface area contributed by atoms with E-state index in [1.54, 1.807) is 32.2 Å². The Morgan fingerprint density at radius 1 is 1.35 bits per heavy atom. The summed E-state index contributed by atoms with van der Waals surface area (Å²) in [6.07, 6.45) is -0.545. The first kappa shape index (κ1) is 14.6. The molecule has 0 radical (unpaired) electrons. The number of carbonyl (C=O) groups is 1. The molecule has 0 aromatic heterocycles. The average molecular weight is 299 g/mol. The Bertz CT molecular complexity index is 642. The van der Waals surface area contributed by atoms with E-state index in [9.17, 15) is 13.2 Å². The van der Waals surface area contributed by atoms with Gasteiger partial charge < -0.3 is 9.64 Å². The Labute approximate surface area is 118 Å². The number of nitrogens with zero attached hydrogens (tertiary/aromatic N) is 2. The highest BCUT2D eigenvalue weighted by molar-refractivity contribution is 7.90. The van der Waals surface area contributed by atoms with Crippen LogP contribution in [0.2, 0.25) is 0 Å². The van der Waals surface area contributed by atoms with E-state index in [2.05, 4.69) is 4.72 Å². The molecule has 1 atom stereocenters. The molecule has 1 aliphatic heterocycles. The zero-order valence-corrected chi connectivity index (χ0v) is 12.6. The summed E-state index contributed by atoms with van der Waals surface area (Å²) < 4.78 is 32.5. The molecular weight excluding hydrogens is 282 g/mol. The molecule has 2 rings (SSSR count). The van der Waals surface area contributed by atoms with E-state index >= 15 is 0 Å². The first-order chi connectivity index (χ1) is 9.22. The van der Waals surface area contributed by atoms with E-state index in [0.717, 1.165) is 4.31 Å². The lowest BCUT2D eigenvalue weighted by Gasteiger charge is -2.30. The van der Waals surface area contributed by atoms with Crippen LogP contribution in [0.1, 0.15) is 6.92 Å². The van der Waals surface area contributed by atoms with E-state index in [-0.39, 0.29) is 5.91 Å². The third kappa shape index (κ3) is 2.56. The number of nitrogens with one attached hydrogen (secondary N) is 1. The fraction of sp³-hybridized carbons (Fsp3) is 0.417. The maximum Gasteiger partial charge on any atom is 0.301 e. The third-order valence-corrected chi connectivity index (χ3v) is 4.49. The Hall–Kier alpha value is -1.80. The lowest BCUT2D eigenvalue weighted by Crippen LogP contribution is -2.42. The monoisotopic (exact) mass is 299 g/mol. The zero-order chi connectivity index (χ0) is 15.1. The second-order valence-corrected chi connectivity index (χ2v) is 6.61. The minimum atomic E-state index is -3.58. The highest BCUT2D eigenvalue weighted by Crippen LogP contribution is 2.35. The van der Waals surface area contributed by atoms with E-state index in [1.807, 2.05) is 0 Å². The SMILES string of the molecule is CC1Oc2ccc(NS(=O)(=O)N(C)C)cc2N(C)C1=O. The summed E-state index contributed by atoms with van der Waals surface area (Å²) in [7, 11) is 0.912. The van der Waals surface area contributed by atoms with E-state index in [0.29, 0.717) is 17.1 Å². The van der Waals surface area contributed by atoms with Crippen LogP contribution in [0.15, 0.2) is 18.2 Å². The van der Waals surface area contributed by atoms with Gasteiger partial charge in [-0.1, -0.05) is 0 Å². The minimum Gasteiger partial charge on any atom is -0.479 e. The number of carbonyl (C=O) groups excluding carboxylic acids is 1. The average Bonchev–Trinajstić information content (AvgIpc) is 2.36. The Kier molecular flexibility index (Phi) is 3.61. The van der Waals surface area contributed by atoms with Crippen LogP contribution < -0.4 is 14.4 Å². The van der Waals surface area contributed by atoms with Crippen LogP contribution in [0.25, 0.3) is 0 Å². The van der Waals surface area contributed by atoms with Crippen LogP contribution in [-0.4, -0.2) is 45.9 Å². The molecular formula is C12H17N3O4S. The first-order valence-electron chi connectivity index (χ1n) is 6.01. The first-order valence-corrected chi connectivity index (χ1v) is 7.45. The molecule has 0 saturated carbocycles. The van der Waals surface area contributed by atoms with Crippen molar-refractivity contribution in [3.63, 3.8) is 0 Å². The highest BCUT2D eigenvalue weighted by atomic mass is 32.2. The highest BCUT2D eigenvalue weighted by Gasteiger charge is 2.29. The number of ether oxygens (including phenoxy) is 1. The molecule has 0 aliphatic carbocycles. The molecule has 0 fully saturated rings. The van der Waals surface area contributed by atoms with Gasteiger partial charge in [-0.25, -0.2) is 0 Å². The molecule has 7 nitrogen and oxygen atoms in total. The quantitative estimate of drug-likeness (QED) is 0.889. The fourth-order valence-electron chi connectivity index (χ4n) is 1.82. The van der Waals surface area contributed by atoms with Crippen molar-refractivity contribution in [1.82, 2.24) is 4.31 Å². The maximum absolute atomic E-state index is 11.8. The predicted molar refractivity (Wildman–Crippen MR) is 76.2 cm³/mol. The number of rotatable bonds is 3. The van der Waals surface area contributed by atoms with Crippen molar-refractivity contribution in [3.8, 4) is 5.75 Å². The Morgan fingerprint density at radius 2 is 2.00 bits per heavy atom. The second kappa shape index (κ2) is 4.95. The number of amides is 1. The summed E-state index contributed by atoms with van der Waals surface area (Å²) in [4.78, 5) is 13.3. The third-order valence-electron chi connectivity index (χ3n) is 3.03. The van der Waals surface area contributed by atoms with E-state index in [4.69, 9.17) is 4.74 Å². The van der Waals surface area contributed by atoms with Crippen molar-refractivity contribution < 1.29 is 17.9 Å². The number of hydrogen-bond acceptors (Lipinski definition) is 4. The molecule has 1 unspecified atom stereocenters. The van der Waals surface area contributed by atoms with Crippen LogP contribution in [0, 0.1) is 0 Å². The molecule has 1 aliphatic rings. The van der Waals surface area contributed by atoms with Gasteiger partial charge in [0, 0.05) is 21.1 Å². The van der Waals surface area contributed by atoms with Crippen LogP contribution in [0.3, 0.4) is 0 Å². The molecule has 1 heterocycles. The number of benzene rings is 1. The van der Waals surface area contributed by atoms with Gasteiger partial charge in [-0.2, -0.15) is 12.7 Å². The summed E-state index contributed by atoms with van der Waals surface area (Å²) in [5.41, 5.74) is 0.905. The standard InChI is InChI=1S/C12H17N3O4S/c1-8-12(16)15(4)10-7-9(5-6-11(10)19-8)13-20(17,18)14(2)3/h5-8,13H,1-4H3. The van der Waals surface area contributed by atoms with Crippen molar-refractivity contribution in [2.45, 2.75) is 13.0 Å². The summed E-state index contributed by atoms with van der Waals surface area (Å²) in [6, 6.07) is 4.80. The molecule has 1 aromatic carbocycles. The predicted octanol–water partition coefficient (Wildman–Crippen LogP) is 0.649. The lowest BCUT2D eigenvalue weighted by molar-refractivity contribution is -0.125. The van der Waals surface area contributed by atoms with Gasteiger partial charge in [-0.05, 0) is 25.1 Å². The summed E-state index contributed by atoms with van der Waals surface area (Å²) in [5.74, 6) is 0.373. The van der Waals surface area contributed by atoms with Gasteiger partial charge in [0.1, 0.15) is 5.75 Å². The van der Waals surface area contributed by atoms with Crippen LogP contribution >= 0.6 is 0 Å². The van der Waals surface area contributed by atoms with E-state index < -0.39 is 16.3 Å². The van der Waals surface area contributed by atoms with Crippen LogP contribution in [-0.2, 0) is 15.0 Å². The molecule has 110 valence electrons. The van der Waals surface area contributed by atoms with Crippen molar-refractivity contribution in [1.29, 1.82) is 0 Å². The summed E-state index contributed by atoms with van der Waals surface area (Å²) in [6.45, 7) is 1.67. The molecule has 0 saturated heterocycles. The van der Waals surface area contributed by atoms with Gasteiger partial charge in [0.2, 0.25) is 0 Å². The minimum absolute atomic E-state index is 0.176. The molecule has 20 heavy (non-hydrogen) atoms. The van der Waals surface area contributed by atoms with Gasteiger partial charge in [0.25, 0.3) is 5.91 Å². The normalized spacial score (nSPS) is 18.8. The van der Waals surface area contributed by atoms with Gasteiger partial charge >= 0.3 is 10.2 Å². The topological polar surface area (TPSA) is 79.0 Å². The van der Waals surface area contributed by atoms with Crippen molar-refractivity contribution in [2.75, 3.05) is 30.8 Å². The number of fused-ring (bicyclic) bond motifs is 1.